The summed E-state index contributed by atoms with van der Waals surface area (Å²) in [5.74, 6) is 0. The molecule has 2 heterocycles. The fourth-order valence-corrected chi connectivity index (χ4v) is 3.79. The fraction of sp³-hybridized carbons (Fsp3) is 0.346. The molecule has 1 aliphatic heterocycles. The molecule has 0 saturated heterocycles. The van der Waals surface area contributed by atoms with E-state index in [9.17, 15) is 4.79 Å². The Morgan fingerprint density at radius 3 is 2.34 bits per heavy atom. The molecule has 0 spiro atoms. The van der Waals surface area contributed by atoms with Crippen molar-refractivity contribution in [2.45, 2.75) is 46.8 Å². The Bertz CT molecular complexity index is 1100. The molecule has 0 radical (unpaired) electrons. The predicted molar refractivity (Wildman–Crippen MR) is 127 cm³/mol. The van der Waals surface area contributed by atoms with Gasteiger partial charge in [-0.2, -0.15) is 10.2 Å². The van der Waals surface area contributed by atoms with Crippen LogP contribution in [0.1, 0.15) is 37.6 Å². The van der Waals surface area contributed by atoms with Crippen LogP contribution < -0.4 is 4.90 Å². The van der Waals surface area contributed by atoms with E-state index in [2.05, 4.69) is 64.5 Å². The molecule has 2 aromatic carbocycles. The molecule has 1 amide bonds. The first-order chi connectivity index (χ1) is 15.2. The highest BCUT2D eigenvalue weighted by Gasteiger charge is 2.27. The monoisotopic (exact) mass is 430 g/mol. The summed E-state index contributed by atoms with van der Waals surface area (Å²) in [5, 5.41) is 8.54. The van der Waals surface area contributed by atoms with Crippen LogP contribution in [0, 0.1) is 13.8 Å². The van der Waals surface area contributed by atoms with Gasteiger partial charge in [0.1, 0.15) is 5.60 Å². The van der Waals surface area contributed by atoms with Gasteiger partial charge in [-0.05, 0) is 76.6 Å². The number of nitrogens with zero attached hydrogens (tertiary/aromatic N) is 4. The molecule has 1 aliphatic rings. The SMILES string of the molecule is Cc1ccc(N2CCN(C(=O)OC(C)(C)C)Cc3cc(-c4ccc(C)nn4)ccc32)cc1. The molecular formula is C26H30N4O2. The topological polar surface area (TPSA) is 58.6 Å². The summed E-state index contributed by atoms with van der Waals surface area (Å²) in [4.78, 5) is 17.0. The Hall–Kier alpha value is -3.41. The minimum absolute atomic E-state index is 0.297. The van der Waals surface area contributed by atoms with E-state index in [0.717, 1.165) is 33.9 Å². The summed E-state index contributed by atoms with van der Waals surface area (Å²) in [6.07, 6.45) is -0.297. The zero-order valence-corrected chi connectivity index (χ0v) is 19.4. The van der Waals surface area contributed by atoms with Crippen LogP contribution in [0.25, 0.3) is 11.3 Å². The van der Waals surface area contributed by atoms with E-state index in [1.54, 1.807) is 4.90 Å². The molecule has 166 valence electrons. The van der Waals surface area contributed by atoms with E-state index in [-0.39, 0.29) is 6.09 Å². The van der Waals surface area contributed by atoms with Crippen LogP contribution in [-0.2, 0) is 11.3 Å². The van der Waals surface area contributed by atoms with Gasteiger partial charge in [0, 0.05) is 30.0 Å². The maximum Gasteiger partial charge on any atom is 0.410 e. The lowest BCUT2D eigenvalue weighted by molar-refractivity contribution is 0.0244. The second kappa shape index (κ2) is 8.61. The first-order valence-corrected chi connectivity index (χ1v) is 11.0. The second-order valence-corrected chi connectivity index (χ2v) is 9.29. The first-order valence-electron chi connectivity index (χ1n) is 11.0. The molecule has 4 rings (SSSR count). The molecule has 0 unspecified atom stereocenters. The summed E-state index contributed by atoms with van der Waals surface area (Å²) < 4.78 is 5.68. The third kappa shape index (κ3) is 4.90. The summed E-state index contributed by atoms with van der Waals surface area (Å²) in [6.45, 7) is 11.4. The number of amides is 1. The predicted octanol–water partition coefficient (Wildman–Crippen LogP) is 5.65. The third-order valence-electron chi connectivity index (χ3n) is 5.42. The molecule has 0 fully saturated rings. The Balaban J connectivity index is 1.74. The van der Waals surface area contributed by atoms with Gasteiger partial charge < -0.3 is 14.5 Å². The lowest BCUT2D eigenvalue weighted by Crippen LogP contribution is -2.38. The molecule has 6 nitrogen and oxygen atoms in total. The maximum atomic E-state index is 12.9. The molecule has 0 N–H and O–H groups in total. The van der Waals surface area contributed by atoms with Crippen molar-refractivity contribution in [2.75, 3.05) is 18.0 Å². The Kier molecular flexibility index (Phi) is 5.87. The summed E-state index contributed by atoms with van der Waals surface area (Å²) >= 11 is 0. The minimum Gasteiger partial charge on any atom is -0.444 e. The highest BCUT2D eigenvalue weighted by atomic mass is 16.6. The number of aromatic nitrogens is 2. The van der Waals surface area contributed by atoms with E-state index in [1.165, 1.54) is 5.56 Å². The first kappa shape index (κ1) is 21.8. The number of hydrogen-bond donors (Lipinski definition) is 0. The standard InChI is InChI=1S/C26H30N4O2/c1-18-6-10-22(11-7-18)30-15-14-29(25(31)32-26(3,4)5)17-21-16-20(9-13-24(21)30)23-12-8-19(2)27-28-23/h6-13,16H,14-15,17H2,1-5H3. The van der Waals surface area contributed by atoms with Crippen molar-refractivity contribution >= 4 is 17.5 Å². The summed E-state index contributed by atoms with van der Waals surface area (Å²) in [6, 6.07) is 18.7. The van der Waals surface area contributed by atoms with Crippen LogP contribution in [0.3, 0.4) is 0 Å². The Morgan fingerprint density at radius 1 is 0.938 bits per heavy atom. The number of carbonyl (C=O) groups is 1. The van der Waals surface area contributed by atoms with Crippen molar-refractivity contribution in [1.29, 1.82) is 0 Å². The normalized spacial score (nSPS) is 14.0. The smallest absolute Gasteiger partial charge is 0.410 e. The lowest BCUT2D eigenvalue weighted by Gasteiger charge is -2.27. The number of rotatable bonds is 2. The second-order valence-electron chi connectivity index (χ2n) is 9.29. The highest BCUT2D eigenvalue weighted by molar-refractivity contribution is 5.75. The Morgan fingerprint density at radius 2 is 1.69 bits per heavy atom. The summed E-state index contributed by atoms with van der Waals surface area (Å²) in [5.41, 5.74) is 6.59. The highest BCUT2D eigenvalue weighted by Crippen LogP contribution is 2.34. The number of benzene rings is 2. The van der Waals surface area contributed by atoms with Gasteiger partial charge in [-0.3, -0.25) is 0 Å². The zero-order valence-electron chi connectivity index (χ0n) is 19.4. The van der Waals surface area contributed by atoms with Crippen molar-refractivity contribution in [1.82, 2.24) is 15.1 Å². The number of anilines is 2. The number of hydrogen-bond acceptors (Lipinski definition) is 5. The van der Waals surface area contributed by atoms with Gasteiger partial charge >= 0.3 is 6.09 Å². The minimum atomic E-state index is -0.539. The van der Waals surface area contributed by atoms with E-state index >= 15 is 0 Å². The van der Waals surface area contributed by atoms with Crippen molar-refractivity contribution < 1.29 is 9.53 Å². The Labute approximate surface area is 189 Å². The number of aryl methyl sites for hydroxylation is 2. The summed E-state index contributed by atoms with van der Waals surface area (Å²) in [7, 11) is 0. The van der Waals surface area contributed by atoms with Crippen molar-refractivity contribution in [3.63, 3.8) is 0 Å². The van der Waals surface area contributed by atoms with Crippen LogP contribution >= 0.6 is 0 Å². The van der Waals surface area contributed by atoms with Crippen LogP contribution in [0.4, 0.5) is 16.2 Å². The zero-order chi connectivity index (χ0) is 22.9. The molecule has 0 bridgehead atoms. The van der Waals surface area contributed by atoms with Gasteiger partial charge in [0.15, 0.2) is 0 Å². The quantitative estimate of drug-likeness (QED) is 0.526. The van der Waals surface area contributed by atoms with Gasteiger partial charge in [-0.25, -0.2) is 4.79 Å². The molecular weight excluding hydrogens is 400 g/mol. The lowest BCUT2D eigenvalue weighted by atomic mass is 10.0. The van der Waals surface area contributed by atoms with Crippen molar-refractivity contribution in [3.8, 4) is 11.3 Å². The largest absolute Gasteiger partial charge is 0.444 e. The van der Waals surface area contributed by atoms with Crippen LogP contribution in [-0.4, -0.2) is 39.9 Å². The number of ether oxygens (including phenoxy) is 1. The number of fused-ring (bicyclic) bond motifs is 1. The van der Waals surface area contributed by atoms with E-state index < -0.39 is 5.60 Å². The van der Waals surface area contributed by atoms with Crippen LogP contribution in [0.15, 0.2) is 54.6 Å². The number of carbonyl (C=O) groups excluding carboxylic acids is 1. The molecule has 0 atom stereocenters. The maximum absolute atomic E-state index is 12.9. The molecule has 0 saturated carbocycles. The van der Waals surface area contributed by atoms with Crippen molar-refractivity contribution in [3.05, 3.63) is 71.4 Å². The molecule has 1 aromatic heterocycles. The van der Waals surface area contributed by atoms with E-state index in [0.29, 0.717) is 19.6 Å². The van der Waals surface area contributed by atoms with Gasteiger partial charge in [0.2, 0.25) is 0 Å². The molecule has 32 heavy (non-hydrogen) atoms. The van der Waals surface area contributed by atoms with Crippen molar-refractivity contribution in [2.24, 2.45) is 0 Å². The van der Waals surface area contributed by atoms with Crippen LogP contribution in [0.2, 0.25) is 0 Å². The molecule has 3 aromatic rings. The average molecular weight is 431 g/mol. The van der Waals surface area contributed by atoms with Crippen LogP contribution in [0.5, 0.6) is 0 Å². The van der Waals surface area contributed by atoms with E-state index in [1.807, 2.05) is 39.8 Å². The molecule has 6 heteroatoms. The van der Waals surface area contributed by atoms with Gasteiger partial charge in [0.25, 0.3) is 0 Å². The van der Waals surface area contributed by atoms with E-state index in [4.69, 9.17) is 4.74 Å². The molecule has 0 aliphatic carbocycles. The fourth-order valence-electron chi connectivity index (χ4n) is 3.79. The average Bonchev–Trinajstić information content (AvgIpc) is 2.93. The third-order valence-corrected chi connectivity index (χ3v) is 5.42. The van der Waals surface area contributed by atoms with Gasteiger partial charge in [0.05, 0.1) is 17.9 Å². The van der Waals surface area contributed by atoms with Gasteiger partial charge in [-0.15, -0.1) is 0 Å². The van der Waals surface area contributed by atoms with Gasteiger partial charge in [-0.1, -0.05) is 23.8 Å².